The minimum atomic E-state index is -1.34. The number of carbonyl (C=O) groups is 1. The zero-order valence-electron chi connectivity index (χ0n) is 9.12. The molecule has 0 aliphatic carbocycles. The molecule has 0 fully saturated rings. The highest BCUT2D eigenvalue weighted by atomic mass is 16.4. The van der Waals surface area contributed by atoms with Crippen LogP contribution in [0.4, 0.5) is 0 Å². The molecule has 0 unspecified atom stereocenters. The SMILES string of the molecule is CCn1cc[n+](C)c1.O=C([O-])c1ncn[nH]1. The fourth-order valence-electron chi connectivity index (χ4n) is 0.993. The number of carbonyl (C=O) groups excluding carboxylic acids is 1. The summed E-state index contributed by atoms with van der Waals surface area (Å²) in [7, 11) is 2.02. The number of aromatic carboxylic acids is 1. The van der Waals surface area contributed by atoms with Crippen molar-refractivity contribution in [3.05, 3.63) is 30.9 Å². The van der Waals surface area contributed by atoms with E-state index in [2.05, 4.69) is 39.2 Å². The van der Waals surface area contributed by atoms with E-state index in [0.29, 0.717) is 0 Å². The summed E-state index contributed by atoms with van der Waals surface area (Å²) >= 11 is 0. The highest BCUT2D eigenvalue weighted by Crippen LogP contribution is 1.79. The number of nitrogens with one attached hydrogen (secondary N) is 1. The Labute approximate surface area is 92.4 Å². The lowest BCUT2D eigenvalue weighted by molar-refractivity contribution is -0.671. The van der Waals surface area contributed by atoms with Crippen molar-refractivity contribution < 1.29 is 14.5 Å². The van der Waals surface area contributed by atoms with Gasteiger partial charge in [-0.05, 0) is 6.92 Å². The van der Waals surface area contributed by atoms with Gasteiger partial charge in [0.25, 0.3) is 0 Å². The molecular formula is C9H13N5O2. The Balaban J connectivity index is 0.000000160. The van der Waals surface area contributed by atoms with E-state index in [1.54, 1.807) is 0 Å². The Morgan fingerprint density at radius 1 is 1.69 bits per heavy atom. The van der Waals surface area contributed by atoms with Gasteiger partial charge in [0.15, 0.2) is 5.82 Å². The van der Waals surface area contributed by atoms with E-state index < -0.39 is 5.97 Å². The van der Waals surface area contributed by atoms with Crippen LogP contribution in [0.15, 0.2) is 25.0 Å². The monoisotopic (exact) mass is 223 g/mol. The molecule has 2 aromatic heterocycles. The van der Waals surface area contributed by atoms with Gasteiger partial charge < -0.3 is 9.90 Å². The Bertz CT molecular complexity index is 434. The van der Waals surface area contributed by atoms with E-state index in [9.17, 15) is 9.90 Å². The number of aryl methyl sites for hydroxylation is 2. The molecule has 2 rings (SSSR count). The maximum absolute atomic E-state index is 9.82. The number of carboxylic acid groups (broad SMARTS) is 1. The van der Waals surface area contributed by atoms with Crippen molar-refractivity contribution in [2.24, 2.45) is 7.05 Å². The Hall–Kier alpha value is -2.18. The van der Waals surface area contributed by atoms with Crippen molar-refractivity contribution in [1.29, 1.82) is 0 Å². The second-order valence-electron chi connectivity index (χ2n) is 3.03. The molecule has 0 radical (unpaired) electrons. The first-order chi connectivity index (χ1) is 7.63. The van der Waals surface area contributed by atoms with E-state index in [1.807, 2.05) is 17.8 Å². The Morgan fingerprint density at radius 2 is 2.44 bits per heavy atom. The number of nitrogens with zero attached hydrogens (tertiary/aromatic N) is 4. The summed E-state index contributed by atoms with van der Waals surface area (Å²) in [6.45, 7) is 3.18. The second kappa shape index (κ2) is 5.64. The van der Waals surface area contributed by atoms with E-state index >= 15 is 0 Å². The normalized spacial score (nSPS) is 9.38. The van der Waals surface area contributed by atoms with Gasteiger partial charge in [-0.15, -0.1) is 0 Å². The van der Waals surface area contributed by atoms with Gasteiger partial charge in [-0.3, -0.25) is 5.10 Å². The summed E-state index contributed by atoms with van der Waals surface area (Å²) in [6.07, 6.45) is 7.24. The van der Waals surface area contributed by atoms with E-state index in [-0.39, 0.29) is 5.82 Å². The summed E-state index contributed by atoms with van der Waals surface area (Å²) in [5.74, 6) is -1.59. The predicted octanol–water partition coefficient (Wildman–Crippen LogP) is -1.50. The molecule has 0 saturated carbocycles. The van der Waals surface area contributed by atoms with Crippen LogP contribution in [0.2, 0.25) is 0 Å². The van der Waals surface area contributed by atoms with Crippen molar-refractivity contribution in [3.63, 3.8) is 0 Å². The largest absolute Gasteiger partial charge is 0.542 e. The average molecular weight is 223 g/mol. The molecule has 0 amide bonds. The van der Waals surface area contributed by atoms with Crippen molar-refractivity contribution in [2.45, 2.75) is 13.5 Å². The molecular weight excluding hydrogens is 210 g/mol. The predicted molar refractivity (Wildman–Crippen MR) is 52.0 cm³/mol. The molecule has 2 aromatic rings. The number of hydrogen-bond donors (Lipinski definition) is 1. The molecule has 0 aliphatic rings. The third-order valence-corrected chi connectivity index (χ3v) is 1.80. The first-order valence-corrected chi connectivity index (χ1v) is 4.71. The molecule has 2 heterocycles. The van der Waals surface area contributed by atoms with E-state index in [4.69, 9.17) is 0 Å². The fraction of sp³-hybridized carbons (Fsp3) is 0.333. The zero-order valence-corrected chi connectivity index (χ0v) is 9.12. The summed E-state index contributed by atoms with van der Waals surface area (Å²) in [4.78, 5) is 13.1. The van der Waals surface area contributed by atoms with Gasteiger partial charge >= 0.3 is 0 Å². The number of rotatable bonds is 2. The molecule has 16 heavy (non-hydrogen) atoms. The van der Waals surface area contributed by atoms with Crippen LogP contribution >= 0.6 is 0 Å². The van der Waals surface area contributed by atoms with E-state index in [1.165, 1.54) is 0 Å². The molecule has 0 aromatic carbocycles. The molecule has 7 nitrogen and oxygen atoms in total. The number of carboxylic acids is 1. The smallest absolute Gasteiger partial charge is 0.243 e. The lowest BCUT2D eigenvalue weighted by atomic mass is 10.7. The first-order valence-electron chi connectivity index (χ1n) is 4.71. The Kier molecular flexibility index (Phi) is 4.19. The van der Waals surface area contributed by atoms with Gasteiger partial charge in [-0.1, -0.05) is 0 Å². The number of imidazole rings is 1. The first kappa shape index (κ1) is 11.9. The molecule has 0 aliphatic heterocycles. The minimum absolute atomic E-state index is 0.245. The van der Waals surface area contributed by atoms with Crippen molar-refractivity contribution >= 4 is 5.97 Å². The molecule has 0 spiro atoms. The molecule has 1 N–H and O–H groups in total. The van der Waals surface area contributed by atoms with Crippen LogP contribution in [0, 0.1) is 0 Å². The van der Waals surface area contributed by atoms with Crippen molar-refractivity contribution in [3.8, 4) is 0 Å². The number of H-pyrrole nitrogens is 1. The fourth-order valence-corrected chi connectivity index (χ4v) is 0.993. The number of hydrogen-bond acceptors (Lipinski definition) is 4. The maximum atomic E-state index is 9.82. The topological polar surface area (TPSA) is 90.5 Å². The van der Waals surface area contributed by atoms with Crippen LogP contribution in [0.3, 0.4) is 0 Å². The van der Waals surface area contributed by atoms with Gasteiger partial charge in [0.2, 0.25) is 6.33 Å². The maximum Gasteiger partial charge on any atom is 0.243 e. The minimum Gasteiger partial charge on any atom is -0.542 e. The standard InChI is InChI=1S/C6H11N2.C3H3N3O2/c1-3-8-5-4-7(2)6-8;7-3(8)2-4-1-5-6-2/h4-6H,3H2,1-2H3;1H,(H,7,8)(H,4,5,6)/q+1;/p-1. The van der Waals surface area contributed by atoms with Crippen LogP contribution in [0.5, 0.6) is 0 Å². The van der Waals surface area contributed by atoms with Crippen LogP contribution in [0.25, 0.3) is 0 Å². The van der Waals surface area contributed by atoms with Crippen molar-refractivity contribution in [2.75, 3.05) is 0 Å². The van der Waals surface area contributed by atoms with Crippen LogP contribution in [-0.2, 0) is 13.6 Å². The van der Waals surface area contributed by atoms with Crippen LogP contribution in [0.1, 0.15) is 17.5 Å². The number of aromatic amines is 1. The number of aromatic nitrogens is 5. The highest BCUT2D eigenvalue weighted by molar-refractivity contribution is 5.80. The third-order valence-electron chi connectivity index (χ3n) is 1.80. The van der Waals surface area contributed by atoms with Gasteiger partial charge in [0, 0.05) is 0 Å². The summed E-state index contributed by atoms with van der Waals surface area (Å²) in [6, 6.07) is 0. The highest BCUT2D eigenvalue weighted by Gasteiger charge is 1.92. The van der Waals surface area contributed by atoms with Crippen LogP contribution in [-0.4, -0.2) is 25.7 Å². The summed E-state index contributed by atoms with van der Waals surface area (Å²) in [5, 5.41) is 15.2. The molecule has 86 valence electrons. The van der Waals surface area contributed by atoms with Crippen LogP contribution < -0.4 is 9.67 Å². The lowest BCUT2D eigenvalue weighted by Crippen LogP contribution is -2.23. The molecule has 0 saturated heterocycles. The molecule has 0 bridgehead atoms. The quantitative estimate of drug-likeness (QED) is 0.627. The van der Waals surface area contributed by atoms with Gasteiger partial charge in [0.05, 0.1) is 13.6 Å². The van der Waals surface area contributed by atoms with Crippen molar-refractivity contribution in [1.82, 2.24) is 19.7 Å². The second-order valence-corrected chi connectivity index (χ2v) is 3.03. The molecule has 7 heteroatoms. The van der Waals surface area contributed by atoms with Gasteiger partial charge in [-0.25, -0.2) is 14.1 Å². The van der Waals surface area contributed by atoms with Gasteiger partial charge in [-0.2, -0.15) is 5.10 Å². The zero-order chi connectivity index (χ0) is 12.0. The molecule has 0 atom stereocenters. The van der Waals surface area contributed by atoms with Gasteiger partial charge in [0.1, 0.15) is 24.7 Å². The van der Waals surface area contributed by atoms with E-state index in [0.717, 1.165) is 12.9 Å². The lowest BCUT2D eigenvalue weighted by Gasteiger charge is -1.89. The Morgan fingerprint density at radius 3 is 2.69 bits per heavy atom. The summed E-state index contributed by atoms with van der Waals surface area (Å²) in [5.41, 5.74) is 0. The average Bonchev–Trinajstić information content (AvgIpc) is 2.88. The third kappa shape index (κ3) is 3.52. The summed E-state index contributed by atoms with van der Waals surface area (Å²) < 4.78 is 4.16.